The molecule has 1 atom stereocenters. The van der Waals surface area contributed by atoms with E-state index in [0.29, 0.717) is 45.2 Å². The van der Waals surface area contributed by atoms with Gasteiger partial charge in [-0.3, -0.25) is 0 Å². The molecule has 3 aromatic heterocycles. The highest BCUT2D eigenvalue weighted by Crippen LogP contribution is 2.49. The molecule has 0 amide bonds. The van der Waals surface area contributed by atoms with E-state index in [0.717, 1.165) is 26.7 Å². The Labute approximate surface area is 241 Å². The molecule has 196 valence electrons. The van der Waals surface area contributed by atoms with Gasteiger partial charge in [-0.2, -0.15) is 0 Å². The fourth-order valence-corrected chi connectivity index (χ4v) is 5.93. The molecule has 1 aliphatic rings. The summed E-state index contributed by atoms with van der Waals surface area (Å²) < 4.78 is 14.7. The van der Waals surface area contributed by atoms with Crippen molar-refractivity contribution in [2.75, 3.05) is 0 Å². The number of ether oxygens (including phenoxy) is 1. The van der Waals surface area contributed by atoms with Gasteiger partial charge in [-0.25, -0.2) is 19.3 Å². The molecule has 8 rings (SSSR count). The number of nitrogens with zero attached hydrogens (tertiary/aromatic N) is 4. The lowest BCUT2D eigenvalue weighted by Crippen LogP contribution is -2.22. The lowest BCUT2D eigenvalue weighted by molar-refractivity contribution is 0.422. The minimum absolute atomic E-state index is 0.379. The molecule has 0 bridgehead atoms. The molecule has 7 aromatic rings. The van der Waals surface area contributed by atoms with Crippen LogP contribution in [0.1, 0.15) is 22.6 Å². The third-order valence-corrected chi connectivity index (χ3v) is 7.89. The maximum Gasteiger partial charge on any atom is 0.344 e. The minimum Gasteiger partial charge on any atom is -0.437 e. The van der Waals surface area contributed by atoms with Crippen LogP contribution in [0.2, 0.25) is 0 Å². The summed E-state index contributed by atoms with van der Waals surface area (Å²) in [5.74, 6) is 0.830. The van der Waals surface area contributed by atoms with Crippen molar-refractivity contribution in [2.45, 2.75) is 5.92 Å². The van der Waals surface area contributed by atoms with E-state index in [9.17, 15) is 4.79 Å². The molecule has 0 aliphatic carbocycles. The van der Waals surface area contributed by atoms with Crippen LogP contribution in [0.25, 0.3) is 39.1 Å². The Bertz CT molecular complexity index is 2170. The highest BCUT2D eigenvalue weighted by Gasteiger charge is 2.37. The Kier molecular flexibility index (Phi) is 5.36. The van der Waals surface area contributed by atoms with Crippen molar-refractivity contribution >= 4 is 32.5 Å². The van der Waals surface area contributed by atoms with E-state index >= 15 is 0 Å². The van der Waals surface area contributed by atoms with Crippen LogP contribution in [0, 0.1) is 0 Å². The SMILES string of the molecule is O=c1oc2ccccc2c2c1C(c1cccc(Br)c1)c1c(ncn3nc(-c4ccc(-c5ccccc5)cc4)nc13)O2. The average Bonchev–Trinajstić information content (AvgIpc) is 3.45. The zero-order chi connectivity index (χ0) is 27.5. The second-order valence-corrected chi connectivity index (χ2v) is 10.7. The molecule has 7 nitrogen and oxygen atoms in total. The van der Waals surface area contributed by atoms with Crippen LogP contribution in [-0.2, 0) is 0 Å². The van der Waals surface area contributed by atoms with Gasteiger partial charge >= 0.3 is 5.63 Å². The zero-order valence-electron chi connectivity index (χ0n) is 21.4. The van der Waals surface area contributed by atoms with Gasteiger partial charge in [-0.1, -0.05) is 94.8 Å². The van der Waals surface area contributed by atoms with Gasteiger partial charge in [-0.15, -0.1) is 5.10 Å². The van der Waals surface area contributed by atoms with Crippen LogP contribution in [0.5, 0.6) is 11.6 Å². The Balaban J connectivity index is 1.33. The summed E-state index contributed by atoms with van der Waals surface area (Å²) in [6.45, 7) is 0. The molecule has 0 radical (unpaired) electrons. The van der Waals surface area contributed by atoms with E-state index in [-0.39, 0.29) is 0 Å². The van der Waals surface area contributed by atoms with Gasteiger partial charge in [0, 0.05) is 10.0 Å². The molecule has 0 saturated heterocycles. The van der Waals surface area contributed by atoms with E-state index < -0.39 is 11.5 Å². The van der Waals surface area contributed by atoms with Gasteiger partial charge in [-0.05, 0) is 41.0 Å². The van der Waals surface area contributed by atoms with Gasteiger partial charge in [0.05, 0.1) is 22.4 Å². The molecule has 4 heterocycles. The summed E-state index contributed by atoms with van der Waals surface area (Å²) in [6, 6.07) is 33.5. The van der Waals surface area contributed by atoms with E-state index in [1.165, 1.54) is 0 Å². The molecular formula is C33H19BrN4O3. The Hall–Kier alpha value is -5.08. The van der Waals surface area contributed by atoms with Crippen molar-refractivity contribution in [3.05, 3.63) is 141 Å². The second-order valence-electron chi connectivity index (χ2n) is 9.83. The number of benzene rings is 4. The van der Waals surface area contributed by atoms with Gasteiger partial charge in [0.2, 0.25) is 5.88 Å². The van der Waals surface area contributed by atoms with Gasteiger partial charge < -0.3 is 9.15 Å². The smallest absolute Gasteiger partial charge is 0.344 e. The van der Waals surface area contributed by atoms with Crippen LogP contribution in [0.4, 0.5) is 0 Å². The van der Waals surface area contributed by atoms with Crippen LogP contribution in [-0.4, -0.2) is 19.6 Å². The van der Waals surface area contributed by atoms with Crippen LogP contribution >= 0.6 is 15.9 Å². The summed E-state index contributed by atoms with van der Waals surface area (Å²) in [4.78, 5) is 23.1. The molecule has 1 unspecified atom stereocenters. The number of para-hydroxylation sites is 1. The van der Waals surface area contributed by atoms with E-state index in [1.54, 1.807) is 16.9 Å². The first-order valence-corrected chi connectivity index (χ1v) is 13.8. The topological polar surface area (TPSA) is 82.5 Å². The van der Waals surface area contributed by atoms with Crippen LogP contribution in [0.15, 0.2) is 123 Å². The predicted octanol–water partition coefficient (Wildman–Crippen LogP) is 7.61. The third-order valence-electron chi connectivity index (χ3n) is 7.39. The Morgan fingerprint density at radius 1 is 0.780 bits per heavy atom. The van der Waals surface area contributed by atoms with Crippen LogP contribution < -0.4 is 10.4 Å². The molecule has 1 aliphatic heterocycles. The largest absolute Gasteiger partial charge is 0.437 e. The molecule has 0 spiro atoms. The summed E-state index contributed by atoms with van der Waals surface area (Å²) in [5, 5.41) is 5.45. The first kappa shape index (κ1) is 23.8. The lowest BCUT2D eigenvalue weighted by atomic mass is 9.84. The maximum absolute atomic E-state index is 13.5. The van der Waals surface area contributed by atoms with E-state index in [4.69, 9.17) is 19.2 Å². The van der Waals surface area contributed by atoms with Crippen molar-refractivity contribution in [3.63, 3.8) is 0 Å². The number of hydrogen-bond acceptors (Lipinski definition) is 6. The highest BCUT2D eigenvalue weighted by atomic mass is 79.9. The average molecular weight is 599 g/mol. The molecule has 4 aromatic carbocycles. The highest BCUT2D eigenvalue weighted by molar-refractivity contribution is 9.10. The molecule has 41 heavy (non-hydrogen) atoms. The first-order valence-electron chi connectivity index (χ1n) is 13.0. The minimum atomic E-state index is -0.541. The fraction of sp³-hybridized carbons (Fsp3) is 0.0303. The number of rotatable bonds is 3. The lowest BCUT2D eigenvalue weighted by Gasteiger charge is -2.27. The molecule has 8 heteroatoms. The fourth-order valence-electron chi connectivity index (χ4n) is 5.51. The summed E-state index contributed by atoms with van der Waals surface area (Å²) in [7, 11) is 0. The Morgan fingerprint density at radius 3 is 2.37 bits per heavy atom. The number of fused-ring (bicyclic) bond motifs is 6. The summed E-state index contributed by atoms with van der Waals surface area (Å²) in [5.41, 5.74) is 5.59. The van der Waals surface area contributed by atoms with Crippen molar-refractivity contribution in [3.8, 4) is 34.1 Å². The zero-order valence-corrected chi connectivity index (χ0v) is 22.9. The van der Waals surface area contributed by atoms with Crippen molar-refractivity contribution in [1.82, 2.24) is 19.6 Å². The third kappa shape index (κ3) is 3.87. The number of halogens is 1. The Morgan fingerprint density at radius 2 is 1.54 bits per heavy atom. The quantitative estimate of drug-likeness (QED) is 0.195. The van der Waals surface area contributed by atoms with Crippen LogP contribution in [0.3, 0.4) is 0 Å². The normalized spacial score (nSPS) is 14.0. The van der Waals surface area contributed by atoms with E-state index in [1.807, 2.05) is 72.8 Å². The van der Waals surface area contributed by atoms with Gasteiger partial charge in [0.25, 0.3) is 0 Å². The van der Waals surface area contributed by atoms with Crippen molar-refractivity contribution < 1.29 is 9.15 Å². The van der Waals surface area contributed by atoms with Crippen molar-refractivity contribution in [1.29, 1.82) is 0 Å². The van der Waals surface area contributed by atoms with E-state index in [2.05, 4.69) is 45.2 Å². The standard InChI is InChI=1S/C33H19BrN4O3/c34-23-10-6-9-22(17-23)26-27-29(24-11-4-5-12-25(24)40-33(27)39)41-32-28(26)31-36-30(37-38(31)18-35-32)21-15-13-20(14-16-21)19-7-2-1-3-8-19/h1-18,26H. The van der Waals surface area contributed by atoms with Crippen molar-refractivity contribution in [2.24, 2.45) is 0 Å². The predicted molar refractivity (Wildman–Crippen MR) is 159 cm³/mol. The second kappa shape index (κ2) is 9.25. The molecule has 0 fully saturated rings. The summed E-state index contributed by atoms with van der Waals surface area (Å²) in [6.07, 6.45) is 1.60. The number of hydrogen-bond donors (Lipinski definition) is 0. The number of aromatic nitrogens is 4. The molecule has 0 N–H and O–H groups in total. The maximum atomic E-state index is 13.5. The molecule has 0 saturated carbocycles. The molecular weight excluding hydrogens is 580 g/mol. The van der Waals surface area contributed by atoms with Gasteiger partial charge in [0.15, 0.2) is 17.2 Å². The first-order chi connectivity index (χ1) is 20.1. The monoisotopic (exact) mass is 598 g/mol. The summed E-state index contributed by atoms with van der Waals surface area (Å²) >= 11 is 3.59. The van der Waals surface area contributed by atoms with Gasteiger partial charge in [0.1, 0.15) is 11.9 Å².